The van der Waals surface area contributed by atoms with E-state index in [9.17, 15) is 0 Å². The van der Waals surface area contributed by atoms with Crippen molar-refractivity contribution >= 4 is 0 Å². The fourth-order valence-corrected chi connectivity index (χ4v) is 13.0. The van der Waals surface area contributed by atoms with Crippen molar-refractivity contribution in [2.45, 2.75) is 231 Å². The lowest BCUT2D eigenvalue weighted by Gasteiger charge is -2.57. The molecule has 6 aliphatic heterocycles. The standard InChI is InChI=1S/C8H15N.C8H17N.2C8H16.C8H10.C7H15N.2C6H13N.C5H11N.C4H10/c1-7-3-8(4-7)5-9(2)6-8;1-8-5-3-4-6-9(2)7-8;1-7-3-5-8(2)6-4-7;3*1-7-4-3-5-8(2)6-7;1-6-3-4-7(2)5-6;1-6-4-3-5-7(6)2;1-5-3-6(2)4-5;1-3-4-2/h7H,3-6H2,1-2H3;8H,3-7H2,1-2H3;2*7-8H,3-6H2,1-2H3;3-6H,1-2H3;7H,3-6H2,1-2H3;2*6H,3-5H2,1-2H3;5H,3-4H2,1-2H3;3-4H2,1-2H3/t;8-;;7-,8+;;7-;2*6-;;/m.0...000../s1. The summed E-state index contributed by atoms with van der Waals surface area (Å²) in [6.07, 6.45) is 28.7. The van der Waals surface area contributed by atoms with E-state index in [1.54, 1.807) is 0 Å². The predicted octanol–water partition coefficient (Wildman–Crippen LogP) is 16.8. The summed E-state index contributed by atoms with van der Waals surface area (Å²) in [5.74, 6) is 8.87. The van der Waals surface area contributed by atoms with Gasteiger partial charge in [-0.2, -0.15) is 0 Å². The topological polar surface area (TPSA) is 19.4 Å². The molecule has 6 saturated heterocycles. The summed E-state index contributed by atoms with van der Waals surface area (Å²) >= 11 is 0. The van der Waals surface area contributed by atoms with Crippen molar-refractivity contribution in [3.8, 4) is 0 Å². The number of hydrogen-bond acceptors (Lipinski definition) is 6. The van der Waals surface area contributed by atoms with E-state index in [1.165, 1.54) is 212 Å². The SMILES string of the molecule is CC1CC2(C1)CN(C)C2.CC1CCC(C)CC1.CC1CN(C)C1.CCCC.C[C@@H]1CCC[C@H](C)C1.C[C@H]1CCCCN(C)C1.C[C@H]1CCCN(C)C1.C[C@H]1CCCN1C.C[C@H]1CCN(C)C1.Cc1cccc(C)c1. The molecule has 3 saturated carbocycles. The Bertz CT molecular complexity index is 1310. The first-order valence-corrected chi connectivity index (χ1v) is 32.1. The molecule has 10 rings (SSSR count). The molecule has 438 valence electrons. The maximum absolute atomic E-state index is 2.44. The Morgan fingerprint density at radius 2 is 0.811 bits per heavy atom. The molecule has 6 nitrogen and oxygen atoms in total. The lowest BCUT2D eigenvalue weighted by Crippen LogP contribution is -2.60. The van der Waals surface area contributed by atoms with Crippen LogP contribution in [0.5, 0.6) is 0 Å². The van der Waals surface area contributed by atoms with E-state index in [4.69, 9.17) is 0 Å². The van der Waals surface area contributed by atoms with Crippen LogP contribution >= 0.6 is 0 Å². The molecule has 0 N–H and O–H groups in total. The van der Waals surface area contributed by atoms with Crippen LogP contribution in [0.4, 0.5) is 0 Å². The Balaban J connectivity index is 0.000000413. The average molecular weight is 1040 g/mol. The first-order chi connectivity index (χ1) is 34.9. The van der Waals surface area contributed by atoms with Crippen molar-refractivity contribution in [1.82, 2.24) is 29.4 Å². The number of rotatable bonds is 1. The number of benzene rings is 1. The van der Waals surface area contributed by atoms with Crippen molar-refractivity contribution in [1.29, 1.82) is 0 Å². The van der Waals surface area contributed by atoms with Gasteiger partial charge in [-0.3, -0.25) is 0 Å². The zero-order valence-corrected chi connectivity index (χ0v) is 54.2. The average Bonchev–Trinajstić information content (AvgIpc) is 3.82. The van der Waals surface area contributed by atoms with Crippen LogP contribution in [-0.2, 0) is 0 Å². The summed E-state index contributed by atoms with van der Waals surface area (Å²) in [4.78, 5) is 14.4. The third-order valence-corrected chi connectivity index (χ3v) is 17.7. The van der Waals surface area contributed by atoms with E-state index in [-0.39, 0.29) is 0 Å². The highest BCUT2D eigenvalue weighted by Crippen LogP contribution is 2.50. The van der Waals surface area contributed by atoms with Gasteiger partial charge in [0.05, 0.1) is 0 Å². The van der Waals surface area contributed by atoms with E-state index in [0.29, 0.717) is 0 Å². The molecular formula is C68H136N6. The van der Waals surface area contributed by atoms with Gasteiger partial charge < -0.3 is 29.4 Å². The number of piperidine rings is 1. The maximum Gasteiger partial charge on any atom is 0.00643 e. The second kappa shape index (κ2) is 41.1. The van der Waals surface area contributed by atoms with Gasteiger partial charge >= 0.3 is 0 Å². The molecule has 6 heteroatoms. The van der Waals surface area contributed by atoms with Crippen LogP contribution in [0.3, 0.4) is 0 Å². The molecule has 9 fully saturated rings. The van der Waals surface area contributed by atoms with Crippen LogP contribution in [0.2, 0.25) is 0 Å². The van der Waals surface area contributed by atoms with E-state index < -0.39 is 0 Å². The van der Waals surface area contributed by atoms with Crippen LogP contribution < -0.4 is 0 Å². The molecule has 1 aromatic carbocycles. The van der Waals surface area contributed by atoms with Gasteiger partial charge in [-0.15, -0.1) is 0 Å². The molecule has 0 amide bonds. The minimum Gasteiger partial charge on any atom is -0.306 e. The molecule has 0 aromatic heterocycles. The Kier molecular flexibility index (Phi) is 39.4. The molecule has 0 radical (unpaired) electrons. The molecule has 1 spiro atoms. The van der Waals surface area contributed by atoms with Crippen molar-refractivity contribution < 1.29 is 0 Å². The lowest BCUT2D eigenvalue weighted by atomic mass is 9.58. The van der Waals surface area contributed by atoms with Gasteiger partial charge in [-0.1, -0.05) is 176 Å². The van der Waals surface area contributed by atoms with Crippen LogP contribution in [0, 0.1) is 72.5 Å². The Labute approximate surface area is 467 Å². The summed E-state index contributed by atoms with van der Waals surface area (Å²) in [5.41, 5.74) is 3.49. The summed E-state index contributed by atoms with van der Waals surface area (Å²) < 4.78 is 0. The van der Waals surface area contributed by atoms with Crippen LogP contribution in [0.25, 0.3) is 0 Å². The summed E-state index contributed by atoms with van der Waals surface area (Å²) in [6.45, 7) is 46.5. The van der Waals surface area contributed by atoms with Gasteiger partial charge in [-0.25, -0.2) is 0 Å². The lowest BCUT2D eigenvalue weighted by molar-refractivity contribution is -0.0758. The first kappa shape index (κ1) is 71.0. The second-order valence-electron chi connectivity index (χ2n) is 27.9. The van der Waals surface area contributed by atoms with Gasteiger partial charge in [-0.05, 0) is 212 Å². The molecule has 9 aliphatic rings. The Hall–Kier alpha value is -1.02. The van der Waals surface area contributed by atoms with Crippen molar-refractivity contribution in [2.24, 2.45) is 58.7 Å². The molecule has 6 atom stereocenters. The van der Waals surface area contributed by atoms with Crippen LogP contribution in [-0.4, -0.2) is 150 Å². The fraction of sp³-hybridized carbons (Fsp3) is 0.912. The molecule has 0 unspecified atom stereocenters. The van der Waals surface area contributed by atoms with Crippen LogP contribution in [0.1, 0.15) is 223 Å². The van der Waals surface area contributed by atoms with Gasteiger partial charge in [0.25, 0.3) is 0 Å². The third kappa shape index (κ3) is 36.2. The van der Waals surface area contributed by atoms with E-state index in [0.717, 1.165) is 64.7 Å². The summed E-state index contributed by atoms with van der Waals surface area (Å²) in [5, 5.41) is 0. The number of unbranched alkanes of at least 4 members (excludes halogenated alkanes) is 1. The number of likely N-dealkylation sites (tertiary alicyclic amines) is 6. The Morgan fingerprint density at radius 3 is 1.08 bits per heavy atom. The van der Waals surface area contributed by atoms with E-state index >= 15 is 0 Å². The number of aryl methyl sites for hydroxylation is 2. The Morgan fingerprint density at radius 1 is 0.392 bits per heavy atom. The fourth-order valence-electron chi connectivity index (χ4n) is 13.0. The van der Waals surface area contributed by atoms with Crippen molar-refractivity contribution in [2.75, 3.05) is 114 Å². The summed E-state index contributed by atoms with van der Waals surface area (Å²) in [6, 6.07) is 9.30. The monoisotopic (exact) mass is 1040 g/mol. The largest absolute Gasteiger partial charge is 0.306 e. The van der Waals surface area contributed by atoms with Crippen molar-refractivity contribution in [3.63, 3.8) is 0 Å². The minimum atomic E-state index is 0.814. The highest BCUT2D eigenvalue weighted by molar-refractivity contribution is 5.20. The van der Waals surface area contributed by atoms with E-state index in [2.05, 4.69) is 193 Å². The summed E-state index contributed by atoms with van der Waals surface area (Å²) in [7, 11) is 13.2. The molecule has 6 heterocycles. The molecular weight excluding hydrogens is 901 g/mol. The molecule has 1 aromatic rings. The van der Waals surface area contributed by atoms with Crippen LogP contribution in [0.15, 0.2) is 24.3 Å². The zero-order chi connectivity index (χ0) is 55.6. The van der Waals surface area contributed by atoms with Gasteiger partial charge in [0.15, 0.2) is 0 Å². The smallest absolute Gasteiger partial charge is 0.00643 e. The highest BCUT2D eigenvalue weighted by Gasteiger charge is 2.49. The molecule has 0 bridgehead atoms. The third-order valence-electron chi connectivity index (χ3n) is 17.7. The predicted molar refractivity (Wildman–Crippen MR) is 334 cm³/mol. The maximum atomic E-state index is 2.44. The van der Waals surface area contributed by atoms with Gasteiger partial charge in [0, 0.05) is 51.9 Å². The highest BCUT2D eigenvalue weighted by atomic mass is 15.2. The second-order valence-corrected chi connectivity index (χ2v) is 27.9. The number of hydrogen-bond donors (Lipinski definition) is 0. The van der Waals surface area contributed by atoms with Gasteiger partial charge in [0.2, 0.25) is 0 Å². The molecule has 3 aliphatic carbocycles. The van der Waals surface area contributed by atoms with Crippen molar-refractivity contribution in [3.05, 3.63) is 35.4 Å². The van der Waals surface area contributed by atoms with Gasteiger partial charge in [0.1, 0.15) is 0 Å². The quantitative estimate of drug-likeness (QED) is 0.277. The minimum absolute atomic E-state index is 0.814. The zero-order valence-electron chi connectivity index (χ0n) is 54.2. The molecule has 74 heavy (non-hydrogen) atoms. The van der Waals surface area contributed by atoms with E-state index in [1.807, 2.05) is 0 Å². The normalized spacial score (nSPS) is 30.3. The first-order valence-electron chi connectivity index (χ1n) is 32.1. The number of nitrogens with zero attached hydrogens (tertiary/aromatic N) is 6.